The Bertz CT molecular complexity index is 770. The van der Waals surface area contributed by atoms with Gasteiger partial charge in [-0.25, -0.2) is 4.79 Å². The van der Waals surface area contributed by atoms with Crippen molar-refractivity contribution < 1.29 is 9.53 Å². The first-order valence-electron chi connectivity index (χ1n) is 13.9. The zero-order valence-electron chi connectivity index (χ0n) is 22.0. The highest BCUT2D eigenvalue weighted by molar-refractivity contribution is 6.00. The quantitative estimate of drug-likeness (QED) is 0.290. The van der Waals surface area contributed by atoms with E-state index in [0.717, 1.165) is 50.7 Å². The van der Waals surface area contributed by atoms with Crippen LogP contribution in [0.1, 0.15) is 71.6 Å². The minimum absolute atomic E-state index is 0.150. The number of amidine groups is 1. The van der Waals surface area contributed by atoms with Gasteiger partial charge in [-0.1, -0.05) is 39.5 Å². The molecule has 0 saturated carbocycles. The molecule has 196 valence electrons. The van der Waals surface area contributed by atoms with E-state index in [1.807, 2.05) is 24.3 Å². The second kappa shape index (κ2) is 15.1. The van der Waals surface area contributed by atoms with Crippen molar-refractivity contribution >= 4 is 17.6 Å². The maximum Gasteiger partial charge on any atom is 0.347 e. The summed E-state index contributed by atoms with van der Waals surface area (Å²) in [6, 6.07) is 7.06. The van der Waals surface area contributed by atoms with E-state index >= 15 is 0 Å². The average molecular weight is 486 g/mol. The topological polar surface area (TPSA) is 83.2 Å². The van der Waals surface area contributed by atoms with E-state index in [0.29, 0.717) is 18.1 Å². The molecule has 2 saturated heterocycles. The van der Waals surface area contributed by atoms with Crippen LogP contribution in [0.5, 0.6) is 5.75 Å². The molecule has 3 N–H and O–H groups in total. The molecule has 1 unspecified atom stereocenters. The number of amides is 2. The molecule has 2 fully saturated rings. The van der Waals surface area contributed by atoms with Crippen LogP contribution >= 0.6 is 0 Å². The average Bonchev–Trinajstić information content (AvgIpc) is 3.38. The van der Waals surface area contributed by atoms with Crippen molar-refractivity contribution in [3.63, 3.8) is 0 Å². The lowest BCUT2D eigenvalue weighted by Crippen LogP contribution is -2.42. The van der Waals surface area contributed by atoms with Gasteiger partial charge in [-0.05, 0) is 88.5 Å². The lowest BCUT2D eigenvalue weighted by atomic mass is 9.93. The fourth-order valence-electron chi connectivity index (χ4n) is 5.41. The number of carbonyl (C=O) groups excluding carboxylic acids is 1. The Morgan fingerprint density at radius 2 is 1.71 bits per heavy atom. The van der Waals surface area contributed by atoms with E-state index in [1.54, 1.807) is 0 Å². The lowest BCUT2D eigenvalue weighted by molar-refractivity contribution is 0.186. The van der Waals surface area contributed by atoms with Crippen LogP contribution in [-0.2, 0) is 0 Å². The van der Waals surface area contributed by atoms with Crippen LogP contribution in [-0.4, -0.2) is 67.5 Å². The van der Waals surface area contributed by atoms with Crippen LogP contribution in [0.2, 0.25) is 0 Å². The zero-order chi connectivity index (χ0) is 24.9. The molecule has 0 aliphatic carbocycles. The van der Waals surface area contributed by atoms with Crippen molar-refractivity contribution in [3.05, 3.63) is 24.3 Å². The predicted octanol–water partition coefficient (Wildman–Crippen LogP) is 5.37. The van der Waals surface area contributed by atoms with Gasteiger partial charge in [0.25, 0.3) is 0 Å². The molecule has 1 aromatic carbocycles. The molecule has 0 radical (unpaired) electrons. The smallest absolute Gasteiger partial charge is 0.347 e. The number of anilines is 1. The SMILES string of the molecule is CCCC(CCC)CCN1CCCC(/C(N)=N/C(=O)Nc2ccc(OCCN3CCCC3)cc2)C1. The summed E-state index contributed by atoms with van der Waals surface area (Å²) in [7, 11) is 0. The van der Waals surface area contributed by atoms with Crippen molar-refractivity contribution in [1.29, 1.82) is 0 Å². The molecule has 7 heteroatoms. The molecule has 0 aromatic heterocycles. The minimum Gasteiger partial charge on any atom is -0.492 e. The first-order valence-corrected chi connectivity index (χ1v) is 13.9. The fourth-order valence-corrected chi connectivity index (χ4v) is 5.41. The number of ether oxygens (including phenoxy) is 1. The Morgan fingerprint density at radius 3 is 2.40 bits per heavy atom. The summed E-state index contributed by atoms with van der Waals surface area (Å²) < 4.78 is 5.84. The van der Waals surface area contributed by atoms with Crippen molar-refractivity contribution in [2.45, 2.75) is 71.6 Å². The summed E-state index contributed by atoms with van der Waals surface area (Å²) in [5.74, 6) is 2.24. The van der Waals surface area contributed by atoms with Crippen LogP contribution in [0.4, 0.5) is 10.5 Å². The van der Waals surface area contributed by atoms with E-state index in [2.05, 4.69) is 34.0 Å². The molecule has 0 bridgehead atoms. The maximum atomic E-state index is 12.5. The molecule has 2 amide bonds. The first-order chi connectivity index (χ1) is 17.1. The number of urea groups is 1. The third-order valence-corrected chi connectivity index (χ3v) is 7.38. The Balaban J connectivity index is 1.41. The van der Waals surface area contributed by atoms with Gasteiger partial charge >= 0.3 is 6.03 Å². The number of aliphatic imine (C=N–C) groups is 1. The lowest BCUT2D eigenvalue weighted by Gasteiger charge is -2.33. The fraction of sp³-hybridized carbons (Fsp3) is 0.714. The second-order valence-electron chi connectivity index (χ2n) is 10.3. The zero-order valence-corrected chi connectivity index (χ0v) is 22.0. The third-order valence-electron chi connectivity index (χ3n) is 7.38. The minimum atomic E-state index is -0.409. The number of hydrogen-bond acceptors (Lipinski definition) is 4. The number of carbonyl (C=O) groups is 1. The normalized spacial score (nSPS) is 19.9. The maximum absolute atomic E-state index is 12.5. The van der Waals surface area contributed by atoms with Crippen LogP contribution in [0.3, 0.4) is 0 Å². The summed E-state index contributed by atoms with van der Waals surface area (Å²) in [5, 5.41) is 2.84. The number of hydrogen-bond donors (Lipinski definition) is 2. The summed E-state index contributed by atoms with van der Waals surface area (Å²) in [6.07, 6.45) is 11.1. The summed E-state index contributed by atoms with van der Waals surface area (Å²) in [5.41, 5.74) is 6.98. The third kappa shape index (κ3) is 9.80. The number of piperidine rings is 1. The predicted molar refractivity (Wildman–Crippen MR) is 145 cm³/mol. The van der Waals surface area contributed by atoms with Gasteiger partial charge in [0, 0.05) is 24.7 Å². The van der Waals surface area contributed by atoms with E-state index in [4.69, 9.17) is 10.5 Å². The van der Waals surface area contributed by atoms with Crippen LogP contribution in [0, 0.1) is 11.8 Å². The monoisotopic (exact) mass is 485 g/mol. The van der Waals surface area contributed by atoms with Gasteiger partial charge < -0.3 is 20.7 Å². The molecule has 3 rings (SSSR count). The Hall–Kier alpha value is -2.12. The van der Waals surface area contributed by atoms with Gasteiger partial charge in [-0.15, -0.1) is 0 Å². The highest BCUT2D eigenvalue weighted by Gasteiger charge is 2.24. The summed E-state index contributed by atoms with van der Waals surface area (Å²) in [4.78, 5) is 21.6. The number of rotatable bonds is 13. The Labute approximate surface area is 212 Å². The van der Waals surface area contributed by atoms with Crippen LogP contribution < -0.4 is 15.8 Å². The van der Waals surface area contributed by atoms with Gasteiger partial charge in [-0.2, -0.15) is 4.99 Å². The van der Waals surface area contributed by atoms with Crippen molar-refractivity contribution in [3.8, 4) is 5.75 Å². The molecule has 35 heavy (non-hydrogen) atoms. The largest absolute Gasteiger partial charge is 0.492 e. The highest BCUT2D eigenvalue weighted by atomic mass is 16.5. The van der Waals surface area contributed by atoms with Crippen molar-refractivity contribution in [2.75, 3.05) is 51.2 Å². The van der Waals surface area contributed by atoms with Gasteiger partial charge in [0.15, 0.2) is 0 Å². The van der Waals surface area contributed by atoms with Crippen molar-refractivity contribution in [2.24, 2.45) is 22.6 Å². The molecule has 0 spiro atoms. The van der Waals surface area contributed by atoms with Gasteiger partial charge in [0.2, 0.25) is 0 Å². The van der Waals surface area contributed by atoms with Gasteiger partial charge in [0.05, 0.1) is 0 Å². The molecule has 2 aliphatic heterocycles. The number of nitrogens with two attached hydrogens (primary N) is 1. The standard InChI is InChI=1S/C28H47N5O2/c1-3-8-23(9-4-2)15-19-33-18-7-10-24(22-33)27(29)31-28(34)30-25-11-13-26(14-12-25)35-21-20-32-16-5-6-17-32/h11-14,23-24H,3-10,15-22H2,1-2H3,(H3,29,30,31,34). The Morgan fingerprint density at radius 1 is 1.03 bits per heavy atom. The Kier molecular flexibility index (Phi) is 11.8. The van der Waals surface area contributed by atoms with Crippen LogP contribution in [0.15, 0.2) is 29.3 Å². The molecule has 2 aliphatic rings. The molecular weight excluding hydrogens is 438 g/mol. The summed E-state index contributed by atoms with van der Waals surface area (Å²) >= 11 is 0. The molecule has 1 aromatic rings. The van der Waals surface area contributed by atoms with Crippen LogP contribution in [0.25, 0.3) is 0 Å². The second-order valence-corrected chi connectivity index (χ2v) is 10.3. The molecule has 2 heterocycles. The van der Waals surface area contributed by atoms with E-state index in [-0.39, 0.29) is 5.92 Å². The first kappa shape index (κ1) is 27.5. The number of benzene rings is 1. The van der Waals surface area contributed by atoms with Gasteiger partial charge in [0.1, 0.15) is 18.2 Å². The van der Waals surface area contributed by atoms with E-state index < -0.39 is 6.03 Å². The number of nitrogens with one attached hydrogen (secondary N) is 1. The van der Waals surface area contributed by atoms with E-state index in [1.165, 1.54) is 58.0 Å². The molecular formula is C28H47N5O2. The summed E-state index contributed by atoms with van der Waals surface area (Å²) in [6.45, 7) is 11.7. The van der Waals surface area contributed by atoms with E-state index in [9.17, 15) is 4.79 Å². The number of likely N-dealkylation sites (tertiary alicyclic amines) is 2. The molecule has 7 nitrogen and oxygen atoms in total. The van der Waals surface area contributed by atoms with Gasteiger partial charge in [-0.3, -0.25) is 4.90 Å². The van der Waals surface area contributed by atoms with Crippen molar-refractivity contribution in [1.82, 2.24) is 9.80 Å². The highest BCUT2D eigenvalue weighted by Crippen LogP contribution is 2.22. The number of nitrogens with zero attached hydrogens (tertiary/aromatic N) is 3. The molecule has 1 atom stereocenters.